The lowest BCUT2D eigenvalue weighted by molar-refractivity contribution is 0.534. The van der Waals surface area contributed by atoms with Gasteiger partial charge in [0.2, 0.25) is 11.3 Å². The zero-order chi connectivity index (χ0) is 17.5. The van der Waals surface area contributed by atoms with Gasteiger partial charge < -0.3 is 0 Å². The Balaban J connectivity index is 1.82. The van der Waals surface area contributed by atoms with Crippen molar-refractivity contribution in [2.45, 2.75) is 75.5 Å². The summed E-state index contributed by atoms with van der Waals surface area (Å²) < 4.78 is 21.5. The van der Waals surface area contributed by atoms with Crippen LogP contribution in [0, 0.1) is 0 Å². The summed E-state index contributed by atoms with van der Waals surface area (Å²) in [6.45, 7) is 0.642. The van der Waals surface area contributed by atoms with Gasteiger partial charge in [0.05, 0.1) is 0 Å². The molecule has 0 heterocycles. The Morgan fingerprint density at radius 1 is 0.875 bits per heavy atom. The van der Waals surface area contributed by atoms with Crippen molar-refractivity contribution in [2.75, 3.05) is 12.8 Å². The number of rotatable bonds is 15. The van der Waals surface area contributed by atoms with Crippen LogP contribution in [0.1, 0.15) is 69.8 Å². The maximum absolute atomic E-state index is 10.4. The van der Waals surface area contributed by atoms with Crippen LogP contribution < -0.4 is 4.72 Å². The number of unbranched alkanes of at least 4 members (excludes halogenated alkanes) is 9. The van der Waals surface area contributed by atoms with Crippen molar-refractivity contribution < 1.29 is 8.76 Å². The minimum absolute atomic E-state index is 0.642. The molecule has 0 aliphatic rings. The molecule has 0 radical (unpaired) electrons. The van der Waals surface area contributed by atoms with Gasteiger partial charge in [0.15, 0.2) is 0 Å². The van der Waals surface area contributed by atoms with Gasteiger partial charge in [0, 0.05) is 11.4 Å². The van der Waals surface area contributed by atoms with Crippen molar-refractivity contribution in [1.29, 1.82) is 0 Å². The molecule has 0 saturated heterocycles. The van der Waals surface area contributed by atoms with Crippen molar-refractivity contribution >= 4 is 23.0 Å². The molecule has 1 aromatic rings. The molecule has 1 unspecified atom stereocenters. The fraction of sp³-hybridized carbons (Fsp3) is 0.684. The van der Waals surface area contributed by atoms with Crippen molar-refractivity contribution in [3.8, 4) is 0 Å². The Kier molecular flexibility index (Phi) is 13.5. The second-order valence-corrected chi connectivity index (χ2v) is 7.94. The van der Waals surface area contributed by atoms with Crippen molar-refractivity contribution in [3.63, 3.8) is 0 Å². The average molecular weight is 372 g/mol. The van der Waals surface area contributed by atoms with Crippen molar-refractivity contribution in [3.05, 3.63) is 29.8 Å². The highest BCUT2D eigenvalue weighted by atomic mass is 32.2. The van der Waals surface area contributed by atoms with Crippen LogP contribution in [-0.4, -0.2) is 21.6 Å². The van der Waals surface area contributed by atoms with Crippen LogP contribution in [0.5, 0.6) is 0 Å². The van der Waals surface area contributed by atoms with Crippen molar-refractivity contribution in [2.24, 2.45) is 0 Å². The lowest BCUT2D eigenvalue weighted by Gasteiger charge is -2.04. The van der Waals surface area contributed by atoms with E-state index in [2.05, 4.69) is 35.2 Å². The summed E-state index contributed by atoms with van der Waals surface area (Å²) in [6, 6.07) is 8.97. The summed E-state index contributed by atoms with van der Waals surface area (Å²) in [6.07, 6.45) is 16.0. The molecule has 1 aromatic carbocycles. The first-order chi connectivity index (χ1) is 11.7. The second-order valence-electron chi connectivity index (χ2n) is 6.28. The molecule has 3 nitrogen and oxygen atoms in total. The topological polar surface area (TPSA) is 49.3 Å². The number of hydrogen-bond donors (Lipinski definition) is 2. The van der Waals surface area contributed by atoms with Gasteiger partial charge in [-0.25, -0.2) is 8.93 Å². The Hall–Kier alpha value is -0.360. The van der Waals surface area contributed by atoms with Crippen LogP contribution in [0.3, 0.4) is 0 Å². The normalized spacial score (nSPS) is 12.4. The highest BCUT2D eigenvalue weighted by Gasteiger charge is 1.97. The van der Waals surface area contributed by atoms with E-state index >= 15 is 0 Å². The predicted octanol–water partition coefficient (Wildman–Crippen LogP) is 5.58. The summed E-state index contributed by atoms with van der Waals surface area (Å²) in [5, 5.41) is 0. The third-order valence-electron chi connectivity index (χ3n) is 4.28. The van der Waals surface area contributed by atoms with E-state index in [0.29, 0.717) is 6.54 Å². The third kappa shape index (κ3) is 12.1. The van der Waals surface area contributed by atoms with Gasteiger partial charge in [0.1, 0.15) is 0 Å². The van der Waals surface area contributed by atoms with Crippen LogP contribution in [0.2, 0.25) is 0 Å². The molecular weight excluding hydrogens is 338 g/mol. The maximum Gasteiger partial charge on any atom is 0.231 e. The van der Waals surface area contributed by atoms with E-state index in [0.717, 1.165) is 12.8 Å². The van der Waals surface area contributed by atoms with E-state index in [1.807, 2.05) is 0 Å². The third-order valence-corrected chi connectivity index (χ3v) is 5.47. The molecule has 24 heavy (non-hydrogen) atoms. The lowest BCUT2D eigenvalue weighted by Crippen LogP contribution is -2.17. The van der Waals surface area contributed by atoms with Gasteiger partial charge in [-0.2, -0.15) is 0 Å². The molecule has 2 N–H and O–H groups in total. The Bertz CT molecular complexity index is 437. The number of nitrogens with one attached hydrogen (secondary N) is 1. The van der Waals surface area contributed by atoms with Crippen molar-refractivity contribution in [1.82, 2.24) is 4.72 Å². The van der Waals surface area contributed by atoms with E-state index in [4.69, 9.17) is 4.55 Å². The largest absolute Gasteiger partial charge is 0.294 e. The van der Waals surface area contributed by atoms with Crippen LogP contribution in [0.15, 0.2) is 29.2 Å². The molecule has 0 aliphatic carbocycles. The molecule has 1 atom stereocenters. The van der Waals surface area contributed by atoms with Crippen LogP contribution >= 0.6 is 11.8 Å². The Labute approximate surface area is 154 Å². The first kappa shape index (κ1) is 21.7. The van der Waals surface area contributed by atoms with E-state index in [1.165, 1.54) is 68.2 Å². The summed E-state index contributed by atoms with van der Waals surface area (Å²) in [4.78, 5) is 1.35. The molecule has 1 rings (SSSR count). The maximum atomic E-state index is 10.4. The van der Waals surface area contributed by atoms with Crippen LogP contribution in [-0.2, 0) is 17.7 Å². The predicted molar refractivity (Wildman–Crippen MR) is 107 cm³/mol. The first-order valence-corrected chi connectivity index (χ1v) is 11.5. The fourth-order valence-electron chi connectivity index (χ4n) is 2.82. The van der Waals surface area contributed by atoms with Gasteiger partial charge in [-0.3, -0.25) is 4.55 Å². The van der Waals surface area contributed by atoms with Gasteiger partial charge >= 0.3 is 0 Å². The minimum Gasteiger partial charge on any atom is -0.294 e. The zero-order valence-electron chi connectivity index (χ0n) is 15.0. The van der Waals surface area contributed by atoms with Crippen LogP contribution in [0.4, 0.5) is 0 Å². The number of benzene rings is 1. The number of aryl methyl sites for hydroxylation is 1. The summed E-state index contributed by atoms with van der Waals surface area (Å²) in [5.41, 5.74) is 1.47. The lowest BCUT2D eigenvalue weighted by atomic mass is 10.0. The van der Waals surface area contributed by atoms with Gasteiger partial charge in [0.25, 0.3) is 0 Å². The molecular formula is C19H33NO2S2. The standard InChI is InChI=1S/C19H33NO2S2/c1-23-19-15-13-18(14-16-19)12-10-8-6-4-2-3-5-7-9-11-17-20-24(21)22/h13-16,20H,2-12,17H2,1H3,(H,21,22). The zero-order valence-corrected chi connectivity index (χ0v) is 16.6. The molecule has 138 valence electrons. The summed E-state index contributed by atoms with van der Waals surface area (Å²) in [7, 11) is 0. The highest BCUT2D eigenvalue weighted by molar-refractivity contribution is 7.98. The smallest absolute Gasteiger partial charge is 0.231 e. The number of hydrogen-bond acceptors (Lipinski definition) is 2. The van der Waals surface area contributed by atoms with E-state index in [1.54, 1.807) is 11.8 Å². The van der Waals surface area contributed by atoms with Crippen LogP contribution in [0.25, 0.3) is 0 Å². The Morgan fingerprint density at radius 2 is 1.38 bits per heavy atom. The quantitative estimate of drug-likeness (QED) is 0.240. The monoisotopic (exact) mass is 371 g/mol. The molecule has 0 bridgehead atoms. The van der Waals surface area contributed by atoms with E-state index in [-0.39, 0.29) is 0 Å². The fourth-order valence-corrected chi connectivity index (χ4v) is 3.55. The summed E-state index contributed by atoms with van der Waals surface area (Å²) >= 11 is -0.0453. The van der Waals surface area contributed by atoms with E-state index < -0.39 is 11.3 Å². The van der Waals surface area contributed by atoms with E-state index in [9.17, 15) is 4.21 Å². The highest BCUT2D eigenvalue weighted by Crippen LogP contribution is 2.17. The molecule has 5 heteroatoms. The van der Waals surface area contributed by atoms with Gasteiger partial charge in [-0.1, -0.05) is 63.5 Å². The molecule has 0 spiro atoms. The van der Waals surface area contributed by atoms with Gasteiger partial charge in [-0.15, -0.1) is 11.8 Å². The average Bonchev–Trinajstić information content (AvgIpc) is 2.59. The van der Waals surface area contributed by atoms with Gasteiger partial charge in [-0.05, 0) is 43.2 Å². The summed E-state index contributed by atoms with van der Waals surface area (Å²) in [5.74, 6) is 0. The molecule has 0 saturated carbocycles. The number of thioether (sulfide) groups is 1. The second kappa shape index (κ2) is 14.9. The molecule has 0 amide bonds. The molecule has 0 aromatic heterocycles. The minimum atomic E-state index is -1.85. The molecule has 0 aliphatic heterocycles. The SMILES string of the molecule is CSc1ccc(CCCCCCCCCCCCNS(=O)O)cc1. The molecule has 0 fully saturated rings. The first-order valence-electron chi connectivity index (χ1n) is 9.19. The Morgan fingerprint density at radius 3 is 1.88 bits per heavy atom.